The van der Waals surface area contributed by atoms with E-state index in [9.17, 15) is 4.79 Å². The molecule has 3 nitrogen and oxygen atoms in total. The maximum absolute atomic E-state index is 13.3. The van der Waals surface area contributed by atoms with Crippen molar-refractivity contribution in [2.45, 2.75) is 12.3 Å². The van der Waals surface area contributed by atoms with Gasteiger partial charge in [0.25, 0.3) is 5.91 Å². The molecule has 0 aliphatic carbocycles. The number of nitrogens with zero attached hydrogens (tertiary/aromatic N) is 2. The minimum atomic E-state index is -0.230. The molecule has 1 atom stereocenters. The average molecular weight is 342 g/mol. The molecule has 0 saturated carbocycles. The highest BCUT2D eigenvalue weighted by molar-refractivity contribution is 6.06. The molecule has 1 amide bonds. The van der Waals surface area contributed by atoms with Gasteiger partial charge in [-0.1, -0.05) is 78.9 Å². The topological polar surface area (TPSA) is 23.6 Å². The van der Waals surface area contributed by atoms with Crippen molar-refractivity contribution in [1.29, 1.82) is 0 Å². The monoisotopic (exact) mass is 342 g/mol. The summed E-state index contributed by atoms with van der Waals surface area (Å²) in [5.41, 5.74) is 4.39. The van der Waals surface area contributed by atoms with Gasteiger partial charge in [-0.15, -0.1) is 0 Å². The number of anilines is 1. The van der Waals surface area contributed by atoms with Crippen molar-refractivity contribution in [3.05, 3.63) is 102 Å². The van der Waals surface area contributed by atoms with E-state index in [0.717, 1.165) is 29.8 Å². The van der Waals surface area contributed by atoms with Crippen LogP contribution in [-0.4, -0.2) is 24.5 Å². The lowest BCUT2D eigenvalue weighted by Crippen LogP contribution is -2.44. The van der Waals surface area contributed by atoms with E-state index in [1.54, 1.807) is 0 Å². The molecule has 0 N–H and O–H groups in total. The van der Waals surface area contributed by atoms with E-state index in [-0.39, 0.29) is 11.8 Å². The Kier molecular flexibility index (Phi) is 4.55. The van der Waals surface area contributed by atoms with Crippen LogP contribution in [0.2, 0.25) is 0 Å². The van der Waals surface area contributed by atoms with Gasteiger partial charge in [-0.05, 0) is 29.2 Å². The van der Waals surface area contributed by atoms with Gasteiger partial charge in [0.1, 0.15) is 0 Å². The van der Waals surface area contributed by atoms with Crippen molar-refractivity contribution in [2.24, 2.45) is 0 Å². The van der Waals surface area contributed by atoms with Crippen LogP contribution in [0, 0.1) is 0 Å². The van der Waals surface area contributed by atoms with Crippen molar-refractivity contribution in [2.75, 3.05) is 18.6 Å². The van der Waals surface area contributed by atoms with Gasteiger partial charge in [-0.3, -0.25) is 4.79 Å². The Balaban J connectivity index is 1.61. The molecule has 4 rings (SSSR count). The van der Waals surface area contributed by atoms with Crippen LogP contribution >= 0.6 is 0 Å². The van der Waals surface area contributed by atoms with Crippen molar-refractivity contribution in [1.82, 2.24) is 5.01 Å². The van der Waals surface area contributed by atoms with Crippen LogP contribution in [0.1, 0.15) is 22.6 Å². The number of carbonyl (C=O) groups is 1. The van der Waals surface area contributed by atoms with E-state index in [1.165, 1.54) is 5.56 Å². The summed E-state index contributed by atoms with van der Waals surface area (Å²) in [6.45, 7) is 0.783. The van der Waals surface area contributed by atoms with E-state index in [2.05, 4.69) is 30.3 Å². The van der Waals surface area contributed by atoms with Gasteiger partial charge in [-0.2, -0.15) is 0 Å². The molecule has 26 heavy (non-hydrogen) atoms. The number of likely N-dealkylation sites (N-methyl/N-ethyl adjacent to an activating group) is 1. The number of rotatable bonds is 5. The molecule has 1 aliphatic rings. The maximum Gasteiger partial charge on any atom is 0.253 e. The fraction of sp³-hybridized carbons (Fsp3) is 0.174. The molecule has 0 fully saturated rings. The zero-order valence-electron chi connectivity index (χ0n) is 14.9. The molecule has 0 aromatic heterocycles. The molecular formula is C23H22N2O. The Bertz CT molecular complexity index is 892. The SMILES string of the molecule is CN(CCc1ccccc1)N1C(=O)C(c2ccccc2)c2ccccc21. The predicted molar refractivity (Wildman–Crippen MR) is 105 cm³/mol. The van der Waals surface area contributed by atoms with Gasteiger partial charge in [-0.25, -0.2) is 10.0 Å². The second-order valence-electron chi connectivity index (χ2n) is 6.67. The number of amides is 1. The van der Waals surface area contributed by atoms with Crippen LogP contribution in [0.3, 0.4) is 0 Å². The smallest absolute Gasteiger partial charge is 0.253 e. The second kappa shape index (κ2) is 7.14. The molecule has 0 saturated heterocycles. The third-order valence-corrected chi connectivity index (χ3v) is 4.97. The maximum atomic E-state index is 13.3. The highest BCUT2D eigenvalue weighted by Gasteiger charge is 2.39. The van der Waals surface area contributed by atoms with Gasteiger partial charge in [0.2, 0.25) is 0 Å². The standard InChI is InChI=1S/C23H22N2O/c1-24(17-16-18-10-4-2-5-11-18)25-21-15-9-8-14-20(21)22(23(25)26)19-12-6-3-7-13-19/h2-15,22H,16-17H2,1H3. The first kappa shape index (κ1) is 16.6. The van der Waals surface area contributed by atoms with Crippen LogP contribution in [0.15, 0.2) is 84.9 Å². The van der Waals surface area contributed by atoms with Gasteiger partial charge >= 0.3 is 0 Å². The first-order valence-corrected chi connectivity index (χ1v) is 8.98. The van der Waals surface area contributed by atoms with Gasteiger partial charge in [0.15, 0.2) is 0 Å². The minimum Gasteiger partial charge on any atom is -0.272 e. The summed E-state index contributed by atoms with van der Waals surface area (Å²) in [6, 6.07) is 28.5. The molecule has 0 radical (unpaired) electrons. The van der Waals surface area contributed by atoms with Crippen molar-refractivity contribution in [3.63, 3.8) is 0 Å². The summed E-state index contributed by atoms with van der Waals surface area (Å²) in [7, 11) is 1.99. The quantitative estimate of drug-likeness (QED) is 0.692. The van der Waals surface area contributed by atoms with Crippen LogP contribution in [0.4, 0.5) is 5.69 Å². The summed E-state index contributed by atoms with van der Waals surface area (Å²) < 4.78 is 0. The van der Waals surface area contributed by atoms with E-state index in [1.807, 2.05) is 71.7 Å². The number of hydrogen-bond donors (Lipinski definition) is 0. The van der Waals surface area contributed by atoms with Crippen molar-refractivity contribution >= 4 is 11.6 Å². The lowest BCUT2D eigenvalue weighted by Gasteiger charge is -2.29. The third kappa shape index (κ3) is 3.02. The number of para-hydroxylation sites is 1. The van der Waals surface area contributed by atoms with Crippen LogP contribution < -0.4 is 5.01 Å². The summed E-state index contributed by atoms with van der Waals surface area (Å²) in [4.78, 5) is 13.3. The molecule has 130 valence electrons. The fourth-order valence-corrected chi connectivity index (χ4v) is 3.65. The Hall–Kier alpha value is -2.91. The number of benzene rings is 3. The number of fused-ring (bicyclic) bond motifs is 1. The molecule has 3 heteroatoms. The lowest BCUT2D eigenvalue weighted by molar-refractivity contribution is -0.121. The van der Waals surface area contributed by atoms with Crippen LogP contribution in [-0.2, 0) is 11.2 Å². The van der Waals surface area contributed by atoms with Crippen LogP contribution in [0.5, 0.6) is 0 Å². The summed E-state index contributed by atoms with van der Waals surface area (Å²) in [6.07, 6.45) is 0.902. The minimum absolute atomic E-state index is 0.118. The zero-order valence-corrected chi connectivity index (χ0v) is 14.9. The Morgan fingerprint density at radius 2 is 1.46 bits per heavy atom. The Morgan fingerprint density at radius 1 is 0.846 bits per heavy atom. The second-order valence-corrected chi connectivity index (χ2v) is 6.67. The van der Waals surface area contributed by atoms with Gasteiger partial charge in [0, 0.05) is 13.6 Å². The highest BCUT2D eigenvalue weighted by Crippen LogP contribution is 2.41. The fourth-order valence-electron chi connectivity index (χ4n) is 3.65. The number of hydrogen-bond acceptors (Lipinski definition) is 2. The summed E-state index contributed by atoms with van der Waals surface area (Å²) in [5, 5.41) is 3.88. The van der Waals surface area contributed by atoms with Crippen LogP contribution in [0.25, 0.3) is 0 Å². The first-order chi connectivity index (χ1) is 12.8. The van der Waals surface area contributed by atoms with E-state index >= 15 is 0 Å². The summed E-state index contributed by atoms with van der Waals surface area (Å²) >= 11 is 0. The zero-order chi connectivity index (χ0) is 17.9. The molecule has 1 heterocycles. The lowest BCUT2D eigenvalue weighted by atomic mass is 9.93. The molecule has 3 aromatic carbocycles. The largest absolute Gasteiger partial charge is 0.272 e. The summed E-state index contributed by atoms with van der Waals surface area (Å²) in [5.74, 6) is -0.112. The molecule has 0 bridgehead atoms. The van der Waals surface area contributed by atoms with E-state index < -0.39 is 0 Å². The normalized spacial score (nSPS) is 16.2. The molecule has 1 aliphatic heterocycles. The molecule has 1 unspecified atom stereocenters. The average Bonchev–Trinajstić information content (AvgIpc) is 2.99. The molecule has 0 spiro atoms. The van der Waals surface area contributed by atoms with Crippen molar-refractivity contribution < 1.29 is 4.79 Å². The first-order valence-electron chi connectivity index (χ1n) is 8.98. The number of hydrazine groups is 1. The van der Waals surface area contributed by atoms with E-state index in [0.29, 0.717) is 0 Å². The third-order valence-electron chi connectivity index (χ3n) is 4.97. The molecule has 3 aromatic rings. The van der Waals surface area contributed by atoms with Gasteiger partial charge in [0.05, 0.1) is 11.6 Å². The number of carbonyl (C=O) groups excluding carboxylic acids is 1. The van der Waals surface area contributed by atoms with Crippen molar-refractivity contribution in [3.8, 4) is 0 Å². The highest BCUT2D eigenvalue weighted by atomic mass is 16.2. The van der Waals surface area contributed by atoms with Gasteiger partial charge < -0.3 is 0 Å². The Labute approximate surface area is 154 Å². The Morgan fingerprint density at radius 3 is 2.19 bits per heavy atom. The molecular weight excluding hydrogens is 320 g/mol. The van der Waals surface area contributed by atoms with E-state index in [4.69, 9.17) is 0 Å². The predicted octanol–water partition coefficient (Wildman–Crippen LogP) is 4.25.